The van der Waals surface area contributed by atoms with E-state index in [0.29, 0.717) is 6.54 Å². The third kappa shape index (κ3) is 3.06. The summed E-state index contributed by atoms with van der Waals surface area (Å²) in [6.07, 6.45) is 3.53. The third-order valence-electron chi connectivity index (χ3n) is 2.33. The molecule has 0 aliphatic rings. The first-order valence-electron chi connectivity index (χ1n) is 4.94. The highest BCUT2D eigenvalue weighted by atomic mass is 16.4. The molecule has 5 heteroatoms. The Balaban J connectivity index is 2.55. The van der Waals surface area contributed by atoms with E-state index in [2.05, 4.69) is 10.3 Å². The lowest BCUT2D eigenvalue weighted by Crippen LogP contribution is -2.40. The Morgan fingerprint density at radius 1 is 1.67 bits per heavy atom. The second-order valence-electron chi connectivity index (χ2n) is 3.90. The number of nitrogens with zero attached hydrogens (tertiary/aromatic N) is 2. The van der Waals surface area contributed by atoms with Crippen molar-refractivity contribution in [1.29, 1.82) is 0 Å². The number of hydrogen-bond donors (Lipinski definition) is 2. The maximum Gasteiger partial charge on any atom is 0.320 e. The summed E-state index contributed by atoms with van der Waals surface area (Å²) in [4.78, 5) is 15.0. The van der Waals surface area contributed by atoms with Gasteiger partial charge in [0.05, 0.1) is 6.54 Å². The van der Waals surface area contributed by atoms with Crippen molar-refractivity contribution < 1.29 is 9.90 Å². The first-order chi connectivity index (χ1) is 7.02. The molecule has 84 valence electrons. The molecule has 0 aromatic carbocycles. The molecule has 1 aromatic heterocycles. The summed E-state index contributed by atoms with van der Waals surface area (Å²) < 4.78 is 1.87. The number of aromatic nitrogens is 2. The van der Waals surface area contributed by atoms with Gasteiger partial charge < -0.3 is 9.67 Å². The monoisotopic (exact) mass is 211 g/mol. The largest absolute Gasteiger partial charge is 0.480 e. The number of carboxylic acid groups (broad SMARTS) is 1. The zero-order valence-electron chi connectivity index (χ0n) is 9.27. The summed E-state index contributed by atoms with van der Waals surface area (Å²) in [7, 11) is 1.88. The summed E-state index contributed by atoms with van der Waals surface area (Å²) in [5.74, 6) is 0.0730. The molecule has 0 saturated heterocycles. The first kappa shape index (κ1) is 11.7. The maximum atomic E-state index is 10.9. The Bertz CT molecular complexity index is 333. The van der Waals surface area contributed by atoms with Gasteiger partial charge in [-0.2, -0.15) is 0 Å². The summed E-state index contributed by atoms with van der Waals surface area (Å²) in [6.45, 7) is 4.23. The molecular weight excluding hydrogens is 194 g/mol. The molecule has 1 rings (SSSR count). The quantitative estimate of drug-likeness (QED) is 0.749. The van der Waals surface area contributed by atoms with Gasteiger partial charge in [-0.05, 0) is 5.92 Å². The molecule has 0 saturated carbocycles. The Hall–Kier alpha value is -1.36. The molecule has 0 fully saturated rings. The zero-order valence-corrected chi connectivity index (χ0v) is 9.27. The van der Waals surface area contributed by atoms with Gasteiger partial charge in [-0.3, -0.25) is 10.1 Å². The number of aliphatic carboxylic acids is 1. The molecular formula is C10H17N3O2. The number of hydrogen-bond acceptors (Lipinski definition) is 3. The number of carboxylic acids is 1. The minimum absolute atomic E-state index is 0.0581. The van der Waals surface area contributed by atoms with Gasteiger partial charge in [0.15, 0.2) is 0 Å². The Morgan fingerprint density at radius 3 is 2.73 bits per heavy atom. The number of carbonyl (C=O) groups is 1. The second-order valence-corrected chi connectivity index (χ2v) is 3.90. The number of rotatable bonds is 5. The first-order valence-corrected chi connectivity index (χ1v) is 4.94. The summed E-state index contributed by atoms with van der Waals surface area (Å²) in [6, 6.07) is -0.526. The molecule has 0 bridgehead atoms. The molecule has 0 radical (unpaired) electrons. The van der Waals surface area contributed by atoms with E-state index in [1.807, 2.05) is 31.7 Å². The van der Waals surface area contributed by atoms with Crippen LogP contribution in [0.4, 0.5) is 0 Å². The molecule has 1 heterocycles. The Labute approximate surface area is 89.1 Å². The minimum Gasteiger partial charge on any atom is -0.480 e. The summed E-state index contributed by atoms with van der Waals surface area (Å²) in [5, 5.41) is 11.9. The molecule has 0 aliphatic carbocycles. The van der Waals surface area contributed by atoms with Crippen molar-refractivity contribution in [1.82, 2.24) is 14.9 Å². The van der Waals surface area contributed by atoms with E-state index in [0.717, 1.165) is 5.82 Å². The average Bonchev–Trinajstić information content (AvgIpc) is 2.51. The van der Waals surface area contributed by atoms with Crippen LogP contribution in [0.3, 0.4) is 0 Å². The van der Waals surface area contributed by atoms with Crippen LogP contribution in [0.5, 0.6) is 0 Å². The van der Waals surface area contributed by atoms with Crippen LogP contribution in [0, 0.1) is 5.92 Å². The SMILES string of the molecule is CC(C)C(NCc1nccn1C)C(=O)O. The summed E-state index contributed by atoms with van der Waals surface area (Å²) >= 11 is 0. The van der Waals surface area contributed by atoms with Gasteiger partial charge in [0.25, 0.3) is 0 Å². The Kier molecular flexibility index (Phi) is 3.85. The second kappa shape index (κ2) is 4.93. The van der Waals surface area contributed by atoms with Gasteiger partial charge in [0.2, 0.25) is 0 Å². The smallest absolute Gasteiger partial charge is 0.320 e. The van der Waals surface area contributed by atoms with Gasteiger partial charge in [-0.15, -0.1) is 0 Å². The highest BCUT2D eigenvalue weighted by Crippen LogP contribution is 2.03. The van der Waals surface area contributed by atoms with Gasteiger partial charge in [0, 0.05) is 19.4 Å². The van der Waals surface area contributed by atoms with Crippen molar-refractivity contribution in [2.45, 2.75) is 26.4 Å². The molecule has 0 spiro atoms. The van der Waals surface area contributed by atoms with Crippen LogP contribution in [0.15, 0.2) is 12.4 Å². The molecule has 0 amide bonds. The highest BCUT2D eigenvalue weighted by Gasteiger charge is 2.20. The average molecular weight is 211 g/mol. The minimum atomic E-state index is -0.820. The molecule has 2 N–H and O–H groups in total. The Morgan fingerprint density at radius 2 is 2.33 bits per heavy atom. The molecule has 1 atom stereocenters. The van der Waals surface area contributed by atoms with Crippen LogP contribution in [0.2, 0.25) is 0 Å². The summed E-state index contributed by atoms with van der Waals surface area (Å²) in [5.41, 5.74) is 0. The van der Waals surface area contributed by atoms with Crippen LogP contribution in [0.1, 0.15) is 19.7 Å². The maximum absolute atomic E-state index is 10.9. The zero-order chi connectivity index (χ0) is 11.4. The number of imidazole rings is 1. The van der Waals surface area contributed by atoms with Crippen LogP contribution >= 0.6 is 0 Å². The van der Waals surface area contributed by atoms with E-state index in [1.54, 1.807) is 6.20 Å². The van der Waals surface area contributed by atoms with E-state index in [9.17, 15) is 4.79 Å². The van der Waals surface area contributed by atoms with Crippen molar-refractivity contribution in [3.63, 3.8) is 0 Å². The van der Waals surface area contributed by atoms with Gasteiger partial charge in [0.1, 0.15) is 11.9 Å². The van der Waals surface area contributed by atoms with E-state index in [1.165, 1.54) is 0 Å². The molecule has 1 aromatic rings. The van der Waals surface area contributed by atoms with Crippen LogP contribution in [-0.4, -0.2) is 26.7 Å². The lowest BCUT2D eigenvalue weighted by atomic mass is 10.1. The van der Waals surface area contributed by atoms with E-state index in [4.69, 9.17) is 5.11 Å². The van der Waals surface area contributed by atoms with Gasteiger partial charge in [-0.25, -0.2) is 4.98 Å². The highest BCUT2D eigenvalue weighted by molar-refractivity contribution is 5.73. The number of aryl methyl sites for hydroxylation is 1. The van der Waals surface area contributed by atoms with Crippen molar-refractivity contribution in [2.24, 2.45) is 13.0 Å². The fourth-order valence-electron chi connectivity index (χ4n) is 1.38. The fraction of sp³-hybridized carbons (Fsp3) is 0.600. The lowest BCUT2D eigenvalue weighted by molar-refractivity contribution is -0.140. The van der Waals surface area contributed by atoms with Crippen LogP contribution in [0.25, 0.3) is 0 Å². The van der Waals surface area contributed by atoms with Crippen LogP contribution in [-0.2, 0) is 18.4 Å². The van der Waals surface area contributed by atoms with E-state index in [-0.39, 0.29) is 5.92 Å². The van der Waals surface area contributed by atoms with E-state index >= 15 is 0 Å². The van der Waals surface area contributed by atoms with Crippen LogP contribution < -0.4 is 5.32 Å². The predicted molar refractivity (Wildman–Crippen MR) is 56.3 cm³/mol. The fourth-order valence-corrected chi connectivity index (χ4v) is 1.38. The van der Waals surface area contributed by atoms with Gasteiger partial charge in [-0.1, -0.05) is 13.8 Å². The van der Waals surface area contributed by atoms with Crippen molar-refractivity contribution in [3.8, 4) is 0 Å². The standard InChI is InChI=1S/C10H17N3O2/c1-7(2)9(10(14)15)12-6-8-11-4-5-13(8)3/h4-5,7,9,12H,6H2,1-3H3,(H,14,15). The van der Waals surface area contributed by atoms with E-state index < -0.39 is 12.0 Å². The van der Waals surface area contributed by atoms with Crippen molar-refractivity contribution in [3.05, 3.63) is 18.2 Å². The van der Waals surface area contributed by atoms with Gasteiger partial charge >= 0.3 is 5.97 Å². The molecule has 5 nitrogen and oxygen atoms in total. The van der Waals surface area contributed by atoms with Crippen molar-refractivity contribution >= 4 is 5.97 Å². The third-order valence-corrected chi connectivity index (χ3v) is 2.33. The van der Waals surface area contributed by atoms with Crippen molar-refractivity contribution in [2.75, 3.05) is 0 Å². The topological polar surface area (TPSA) is 67.2 Å². The lowest BCUT2D eigenvalue weighted by Gasteiger charge is -2.17. The number of nitrogens with one attached hydrogen (secondary N) is 1. The predicted octanol–water partition coefficient (Wildman–Crippen LogP) is 0.619. The molecule has 0 aliphatic heterocycles. The molecule has 1 unspecified atom stereocenters. The molecule has 15 heavy (non-hydrogen) atoms. The normalized spacial score (nSPS) is 13.1.